The predicted molar refractivity (Wildman–Crippen MR) is 55.3 cm³/mol. The van der Waals surface area contributed by atoms with Gasteiger partial charge in [0.05, 0.1) is 0 Å². The van der Waals surface area contributed by atoms with Gasteiger partial charge in [-0.3, -0.25) is 9.78 Å². The fourth-order valence-electron chi connectivity index (χ4n) is 1.26. The van der Waals surface area contributed by atoms with Crippen molar-refractivity contribution in [1.29, 1.82) is 0 Å². The molecule has 0 amide bonds. The molecule has 2 heterocycles. The SMILES string of the molecule is Nc1ccncc1CC(=O)c1ncc[nH]1. The first kappa shape index (κ1) is 9.39. The van der Waals surface area contributed by atoms with Gasteiger partial charge in [-0.1, -0.05) is 0 Å². The van der Waals surface area contributed by atoms with Crippen LogP contribution in [-0.4, -0.2) is 20.7 Å². The number of nitrogens with one attached hydrogen (secondary N) is 1. The van der Waals surface area contributed by atoms with Gasteiger partial charge in [-0.05, 0) is 6.07 Å². The molecule has 0 aliphatic rings. The van der Waals surface area contributed by atoms with E-state index in [1.165, 1.54) is 0 Å². The zero-order chi connectivity index (χ0) is 10.7. The van der Waals surface area contributed by atoms with E-state index >= 15 is 0 Å². The van der Waals surface area contributed by atoms with Crippen LogP contribution in [0, 0.1) is 0 Å². The van der Waals surface area contributed by atoms with E-state index in [1.807, 2.05) is 0 Å². The van der Waals surface area contributed by atoms with Gasteiger partial charge in [0, 0.05) is 42.5 Å². The smallest absolute Gasteiger partial charge is 0.202 e. The monoisotopic (exact) mass is 202 g/mol. The summed E-state index contributed by atoms with van der Waals surface area (Å²) in [5, 5.41) is 0. The van der Waals surface area contributed by atoms with Crippen molar-refractivity contribution in [3.05, 3.63) is 42.2 Å². The molecule has 76 valence electrons. The van der Waals surface area contributed by atoms with Crippen molar-refractivity contribution in [2.75, 3.05) is 5.73 Å². The summed E-state index contributed by atoms with van der Waals surface area (Å²) in [7, 11) is 0. The summed E-state index contributed by atoms with van der Waals surface area (Å²) in [5.41, 5.74) is 6.99. The number of aromatic amines is 1. The number of hydrogen-bond donors (Lipinski definition) is 2. The molecule has 0 spiro atoms. The number of ketones is 1. The molecule has 0 atom stereocenters. The number of carbonyl (C=O) groups excluding carboxylic acids is 1. The van der Waals surface area contributed by atoms with Crippen LogP contribution < -0.4 is 5.73 Å². The molecule has 0 fully saturated rings. The van der Waals surface area contributed by atoms with Gasteiger partial charge in [-0.2, -0.15) is 0 Å². The molecule has 0 radical (unpaired) electrons. The third kappa shape index (κ3) is 2.01. The number of nitrogens with two attached hydrogens (primary N) is 1. The van der Waals surface area contributed by atoms with Crippen LogP contribution in [0.1, 0.15) is 16.2 Å². The summed E-state index contributed by atoms with van der Waals surface area (Å²) in [6, 6.07) is 1.67. The average molecular weight is 202 g/mol. The van der Waals surface area contributed by atoms with Gasteiger partial charge in [-0.15, -0.1) is 0 Å². The molecule has 2 aromatic rings. The summed E-state index contributed by atoms with van der Waals surface area (Å²) in [6.07, 6.45) is 6.55. The first-order valence-electron chi connectivity index (χ1n) is 4.48. The highest BCUT2D eigenvalue weighted by molar-refractivity contribution is 5.94. The second-order valence-corrected chi connectivity index (χ2v) is 3.11. The average Bonchev–Trinajstić information content (AvgIpc) is 2.74. The normalized spacial score (nSPS) is 10.1. The lowest BCUT2D eigenvalue weighted by atomic mass is 10.1. The molecule has 2 rings (SSSR count). The summed E-state index contributed by atoms with van der Waals surface area (Å²) >= 11 is 0. The van der Waals surface area contributed by atoms with Crippen molar-refractivity contribution >= 4 is 11.5 Å². The van der Waals surface area contributed by atoms with Crippen LogP contribution in [0.15, 0.2) is 30.9 Å². The Morgan fingerprint density at radius 3 is 3.00 bits per heavy atom. The molecule has 0 aliphatic carbocycles. The van der Waals surface area contributed by atoms with E-state index < -0.39 is 0 Å². The van der Waals surface area contributed by atoms with Crippen LogP contribution in [0.3, 0.4) is 0 Å². The van der Waals surface area contributed by atoms with Crippen LogP contribution in [0.25, 0.3) is 0 Å². The van der Waals surface area contributed by atoms with Crippen molar-refractivity contribution in [3.8, 4) is 0 Å². The van der Waals surface area contributed by atoms with Crippen LogP contribution in [0.5, 0.6) is 0 Å². The van der Waals surface area contributed by atoms with Crippen molar-refractivity contribution in [2.45, 2.75) is 6.42 Å². The highest BCUT2D eigenvalue weighted by atomic mass is 16.1. The number of nitrogen functional groups attached to an aromatic ring is 1. The van der Waals surface area contributed by atoms with E-state index in [0.29, 0.717) is 11.5 Å². The second-order valence-electron chi connectivity index (χ2n) is 3.11. The van der Waals surface area contributed by atoms with Gasteiger partial charge in [0.25, 0.3) is 0 Å². The minimum Gasteiger partial charge on any atom is -0.398 e. The summed E-state index contributed by atoms with van der Waals surface area (Å²) < 4.78 is 0. The highest BCUT2D eigenvalue weighted by Crippen LogP contribution is 2.11. The number of Topliss-reactive ketones (excluding diaryl/α,β-unsaturated/α-hetero) is 1. The maximum Gasteiger partial charge on any atom is 0.202 e. The maximum absolute atomic E-state index is 11.7. The van der Waals surface area contributed by atoms with Crippen molar-refractivity contribution < 1.29 is 4.79 Å². The Bertz CT molecular complexity index is 464. The number of imidazole rings is 1. The lowest BCUT2D eigenvalue weighted by Gasteiger charge is -2.01. The number of rotatable bonds is 3. The predicted octanol–water partition coefficient (Wildman–Crippen LogP) is 0.812. The molecule has 0 saturated heterocycles. The molecule has 0 saturated carbocycles. The van der Waals surface area contributed by atoms with Gasteiger partial charge in [0.15, 0.2) is 5.82 Å². The van der Waals surface area contributed by atoms with Gasteiger partial charge in [0.2, 0.25) is 5.78 Å². The Morgan fingerprint density at radius 2 is 2.33 bits per heavy atom. The fraction of sp³-hybridized carbons (Fsp3) is 0.100. The Balaban J connectivity index is 2.17. The van der Waals surface area contributed by atoms with Gasteiger partial charge < -0.3 is 10.7 Å². The first-order chi connectivity index (χ1) is 7.27. The number of hydrogen-bond acceptors (Lipinski definition) is 4. The standard InChI is InChI=1S/C10H10N4O/c11-8-1-2-12-6-7(8)5-9(15)10-13-3-4-14-10/h1-4,6H,5H2,(H2,11,12)(H,13,14). The topological polar surface area (TPSA) is 84.7 Å². The Morgan fingerprint density at radius 1 is 1.47 bits per heavy atom. The Labute approximate surface area is 86.4 Å². The van der Waals surface area contributed by atoms with Crippen molar-refractivity contribution in [1.82, 2.24) is 15.0 Å². The van der Waals surface area contributed by atoms with Gasteiger partial charge >= 0.3 is 0 Å². The van der Waals surface area contributed by atoms with Crippen molar-refractivity contribution in [3.63, 3.8) is 0 Å². The van der Waals surface area contributed by atoms with E-state index in [9.17, 15) is 4.79 Å². The van der Waals surface area contributed by atoms with E-state index in [0.717, 1.165) is 5.56 Å². The molecule has 2 aromatic heterocycles. The lowest BCUT2D eigenvalue weighted by molar-refractivity contribution is 0.0984. The third-order valence-corrected chi connectivity index (χ3v) is 2.05. The van der Waals surface area contributed by atoms with Crippen molar-refractivity contribution in [2.24, 2.45) is 0 Å². The Hall–Kier alpha value is -2.17. The van der Waals surface area contributed by atoms with Gasteiger partial charge in [-0.25, -0.2) is 4.98 Å². The molecule has 0 aliphatic heterocycles. The number of aromatic nitrogens is 3. The van der Waals surface area contributed by atoms with E-state index in [2.05, 4.69) is 15.0 Å². The quantitative estimate of drug-likeness (QED) is 0.721. The zero-order valence-corrected chi connectivity index (χ0v) is 7.97. The minimum absolute atomic E-state index is 0.0975. The summed E-state index contributed by atoms with van der Waals surface area (Å²) in [5.74, 6) is 0.248. The first-order valence-corrected chi connectivity index (χ1v) is 4.48. The molecule has 0 aromatic carbocycles. The van der Waals surface area contributed by atoms with Gasteiger partial charge in [0.1, 0.15) is 0 Å². The third-order valence-electron chi connectivity index (χ3n) is 2.05. The Kier molecular flexibility index (Phi) is 2.45. The number of carbonyl (C=O) groups is 1. The van der Waals surface area contributed by atoms with Crippen LogP contribution in [0.4, 0.5) is 5.69 Å². The zero-order valence-electron chi connectivity index (χ0n) is 7.97. The number of H-pyrrole nitrogens is 1. The fourth-order valence-corrected chi connectivity index (χ4v) is 1.26. The summed E-state index contributed by atoms with van der Waals surface area (Å²) in [4.78, 5) is 22.2. The lowest BCUT2D eigenvalue weighted by Crippen LogP contribution is -2.07. The van der Waals surface area contributed by atoms with Crippen LogP contribution >= 0.6 is 0 Å². The molecule has 0 unspecified atom stereocenters. The van der Waals surface area contributed by atoms with Crippen LogP contribution in [0.2, 0.25) is 0 Å². The van der Waals surface area contributed by atoms with Crippen LogP contribution in [-0.2, 0) is 6.42 Å². The summed E-state index contributed by atoms with van der Waals surface area (Å²) in [6.45, 7) is 0. The molecule has 15 heavy (non-hydrogen) atoms. The molecule has 5 heteroatoms. The minimum atomic E-state index is -0.0975. The van der Waals surface area contributed by atoms with E-state index in [4.69, 9.17) is 5.73 Å². The maximum atomic E-state index is 11.7. The molecular formula is C10H10N4O. The molecule has 0 bridgehead atoms. The van der Waals surface area contributed by atoms with E-state index in [-0.39, 0.29) is 12.2 Å². The largest absolute Gasteiger partial charge is 0.398 e. The highest BCUT2D eigenvalue weighted by Gasteiger charge is 2.10. The number of anilines is 1. The molecule has 3 N–H and O–H groups in total. The number of nitrogens with zero attached hydrogens (tertiary/aromatic N) is 2. The molecular weight excluding hydrogens is 192 g/mol. The van der Waals surface area contributed by atoms with E-state index in [1.54, 1.807) is 30.9 Å². The molecule has 5 nitrogen and oxygen atoms in total. The number of pyridine rings is 1. The second kappa shape index (κ2) is 3.91.